The number of aromatic nitrogens is 1. The highest BCUT2D eigenvalue weighted by Crippen LogP contribution is 2.27. The number of ether oxygens (including phenoxy) is 1. The Labute approximate surface area is 196 Å². The van der Waals surface area contributed by atoms with E-state index in [1.165, 1.54) is 34.3 Å². The number of amides is 1. The molecule has 2 heterocycles. The van der Waals surface area contributed by atoms with Gasteiger partial charge >= 0.3 is 0 Å². The van der Waals surface area contributed by atoms with Crippen LogP contribution in [0.25, 0.3) is 10.9 Å². The van der Waals surface area contributed by atoms with Gasteiger partial charge in [-0.2, -0.15) is 4.31 Å². The fourth-order valence-electron chi connectivity index (χ4n) is 3.61. The molecule has 174 valence electrons. The molecule has 1 amide bonds. The lowest BCUT2D eigenvalue weighted by atomic mass is 10.1. The van der Waals surface area contributed by atoms with Gasteiger partial charge in [-0.3, -0.25) is 4.79 Å². The van der Waals surface area contributed by atoms with E-state index in [2.05, 4.69) is 10.3 Å². The number of benzene rings is 2. The van der Waals surface area contributed by atoms with Crippen molar-refractivity contribution in [2.24, 2.45) is 0 Å². The summed E-state index contributed by atoms with van der Waals surface area (Å²) in [5.41, 5.74) is 2.75. The van der Waals surface area contributed by atoms with Crippen LogP contribution in [0.1, 0.15) is 11.1 Å². The number of nitrogens with one attached hydrogen (secondary N) is 1. The number of sulfonamides is 1. The first-order valence-corrected chi connectivity index (χ1v) is 12.8. The SMILES string of the molecule is Cc1cc(F)ccc1NC(=O)CSc1cc(C)c2cc(S(=O)(=O)N3CCOCC3)ccc2n1. The van der Waals surface area contributed by atoms with Crippen LogP contribution >= 0.6 is 11.8 Å². The molecule has 0 unspecified atom stereocenters. The number of nitrogens with zero attached hydrogens (tertiary/aromatic N) is 2. The lowest BCUT2D eigenvalue weighted by Gasteiger charge is -2.26. The van der Waals surface area contributed by atoms with Gasteiger partial charge in [-0.25, -0.2) is 17.8 Å². The number of thioether (sulfide) groups is 1. The van der Waals surface area contributed by atoms with Crippen molar-refractivity contribution in [2.75, 3.05) is 37.4 Å². The van der Waals surface area contributed by atoms with Gasteiger partial charge in [0.2, 0.25) is 15.9 Å². The van der Waals surface area contributed by atoms with Gasteiger partial charge in [-0.1, -0.05) is 11.8 Å². The van der Waals surface area contributed by atoms with Crippen LogP contribution < -0.4 is 5.32 Å². The second-order valence-electron chi connectivity index (χ2n) is 7.77. The molecule has 1 N–H and O–H groups in total. The number of aryl methyl sites for hydroxylation is 2. The molecule has 2 aromatic carbocycles. The summed E-state index contributed by atoms with van der Waals surface area (Å²) in [6, 6.07) is 11.0. The Hall–Kier alpha value is -2.53. The lowest BCUT2D eigenvalue weighted by molar-refractivity contribution is -0.113. The number of pyridine rings is 1. The number of hydrogen-bond acceptors (Lipinski definition) is 6. The fraction of sp³-hybridized carbons (Fsp3) is 0.304. The Morgan fingerprint density at radius 2 is 1.88 bits per heavy atom. The second kappa shape index (κ2) is 9.76. The molecule has 1 aliphatic heterocycles. The highest BCUT2D eigenvalue weighted by molar-refractivity contribution is 7.99. The van der Waals surface area contributed by atoms with Crippen LogP contribution in [0.15, 0.2) is 52.4 Å². The zero-order chi connectivity index (χ0) is 23.6. The summed E-state index contributed by atoms with van der Waals surface area (Å²) in [4.78, 5) is 17.2. The van der Waals surface area contributed by atoms with Crippen molar-refractivity contribution in [1.82, 2.24) is 9.29 Å². The van der Waals surface area contributed by atoms with Gasteiger partial charge < -0.3 is 10.1 Å². The van der Waals surface area contributed by atoms with Crippen LogP contribution in [-0.4, -0.2) is 55.7 Å². The minimum atomic E-state index is -3.59. The van der Waals surface area contributed by atoms with E-state index in [0.29, 0.717) is 48.1 Å². The first-order chi connectivity index (χ1) is 15.7. The van der Waals surface area contributed by atoms with E-state index >= 15 is 0 Å². The quantitative estimate of drug-likeness (QED) is 0.531. The first kappa shape index (κ1) is 23.6. The predicted molar refractivity (Wildman–Crippen MR) is 127 cm³/mol. The maximum Gasteiger partial charge on any atom is 0.243 e. The average molecular weight is 490 g/mol. The largest absolute Gasteiger partial charge is 0.379 e. The zero-order valence-electron chi connectivity index (χ0n) is 18.3. The summed E-state index contributed by atoms with van der Waals surface area (Å²) in [5, 5.41) is 4.19. The third-order valence-corrected chi connectivity index (χ3v) is 8.19. The smallest absolute Gasteiger partial charge is 0.243 e. The van der Waals surface area contributed by atoms with Crippen LogP contribution in [0, 0.1) is 19.7 Å². The second-order valence-corrected chi connectivity index (χ2v) is 10.7. The van der Waals surface area contributed by atoms with Gasteiger partial charge in [0, 0.05) is 24.2 Å². The molecule has 1 fully saturated rings. The molecule has 3 aromatic rings. The van der Waals surface area contributed by atoms with Crippen molar-refractivity contribution in [1.29, 1.82) is 0 Å². The third kappa shape index (κ3) is 5.35. The first-order valence-electron chi connectivity index (χ1n) is 10.4. The van der Waals surface area contributed by atoms with Crippen LogP contribution in [0.5, 0.6) is 0 Å². The minimum absolute atomic E-state index is 0.137. The lowest BCUT2D eigenvalue weighted by Crippen LogP contribution is -2.40. The molecule has 1 saturated heterocycles. The van der Waals surface area contributed by atoms with E-state index in [9.17, 15) is 17.6 Å². The molecular formula is C23H24FN3O4S2. The number of halogens is 1. The average Bonchev–Trinajstić information content (AvgIpc) is 2.80. The van der Waals surface area contributed by atoms with E-state index in [1.54, 1.807) is 25.1 Å². The molecule has 0 atom stereocenters. The number of rotatable bonds is 6. The summed E-state index contributed by atoms with van der Waals surface area (Å²) in [7, 11) is -3.59. The van der Waals surface area contributed by atoms with E-state index in [4.69, 9.17) is 4.74 Å². The van der Waals surface area contributed by atoms with Crippen LogP contribution in [0.2, 0.25) is 0 Å². The van der Waals surface area contributed by atoms with Crippen LogP contribution in [0.4, 0.5) is 10.1 Å². The summed E-state index contributed by atoms with van der Waals surface area (Å²) >= 11 is 1.28. The third-order valence-electron chi connectivity index (χ3n) is 5.39. The molecule has 0 saturated carbocycles. The van der Waals surface area contributed by atoms with Crippen molar-refractivity contribution < 1.29 is 22.3 Å². The van der Waals surface area contributed by atoms with Gasteiger partial charge in [-0.15, -0.1) is 0 Å². The van der Waals surface area contributed by atoms with Crippen LogP contribution in [0.3, 0.4) is 0 Å². The number of carbonyl (C=O) groups excluding carboxylic acids is 1. The van der Waals surface area contributed by atoms with Crippen molar-refractivity contribution in [3.8, 4) is 0 Å². The van der Waals surface area contributed by atoms with Crippen LogP contribution in [-0.2, 0) is 19.6 Å². The highest BCUT2D eigenvalue weighted by Gasteiger charge is 2.26. The number of morpholine rings is 1. The standard InChI is InChI=1S/C23H24FN3O4S2/c1-15-12-23(32-14-22(28)25-20-5-3-17(24)11-16(20)2)26-21-6-4-18(13-19(15)21)33(29,30)27-7-9-31-10-8-27/h3-6,11-13H,7-10,14H2,1-2H3,(H,25,28). The van der Waals surface area contributed by atoms with Crippen molar-refractivity contribution in [2.45, 2.75) is 23.8 Å². The van der Waals surface area contributed by atoms with Gasteiger partial charge in [0.05, 0.1) is 34.4 Å². The molecule has 0 radical (unpaired) electrons. The molecular weight excluding hydrogens is 465 g/mol. The highest BCUT2D eigenvalue weighted by atomic mass is 32.2. The van der Waals surface area contributed by atoms with Gasteiger partial charge in [0.1, 0.15) is 5.82 Å². The molecule has 0 bridgehead atoms. The Kier molecular flexibility index (Phi) is 6.99. The Bertz CT molecular complexity index is 1310. The number of hydrogen-bond donors (Lipinski definition) is 1. The van der Waals surface area contributed by atoms with E-state index in [1.807, 2.05) is 13.0 Å². The normalized spacial score (nSPS) is 15.0. The van der Waals surface area contributed by atoms with E-state index in [0.717, 1.165) is 10.9 Å². The Morgan fingerprint density at radius 1 is 1.12 bits per heavy atom. The van der Waals surface area contributed by atoms with Crippen molar-refractivity contribution in [3.63, 3.8) is 0 Å². The maximum absolute atomic E-state index is 13.2. The summed E-state index contributed by atoms with van der Waals surface area (Å²) in [6.07, 6.45) is 0. The number of carbonyl (C=O) groups is 1. The summed E-state index contributed by atoms with van der Waals surface area (Å²) in [5.74, 6) is -0.434. The number of fused-ring (bicyclic) bond motifs is 1. The monoisotopic (exact) mass is 489 g/mol. The van der Waals surface area contributed by atoms with Gasteiger partial charge in [-0.05, 0) is 67.4 Å². The Balaban J connectivity index is 1.48. The molecule has 4 rings (SSSR count). The minimum Gasteiger partial charge on any atom is -0.379 e. The summed E-state index contributed by atoms with van der Waals surface area (Å²) < 4.78 is 45.9. The van der Waals surface area contributed by atoms with Gasteiger partial charge in [0.25, 0.3) is 0 Å². The molecule has 0 aliphatic carbocycles. The molecule has 7 nitrogen and oxygen atoms in total. The van der Waals surface area contributed by atoms with Crippen molar-refractivity contribution in [3.05, 3.63) is 59.4 Å². The molecule has 1 aliphatic rings. The molecule has 0 spiro atoms. The summed E-state index contributed by atoms with van der Waals surface area (Å²) in [6.45, 7) is 5.08. The molecule has 1 aromatic heterocycles. The maximum atomic E-state index is 13.2. The van der Waals surface area contributed by atoms with E-state index < -0.39 is 10.0 Å². The van der Waals surface area contributed by atoms with E-state index in [-0.39, 0.29) is 22.4 Å². The number of anilines is 1. The molecule has 10 heteroatoms. The fourth-order valence-corrected chi connectivity index (χ4v) is 5.81. The Morgan fingerprint density at radius 3 is 2.61 bits per heavy atom. The topological polar surface area (TPSA) is 88.6 Å². The molecule has 33 heavy (non-hydrogen) atoms. The van der Waals surface area contributed by atoms with Crippen molar-refractivity contribution >= 4 is 44.3 Å². The van der Waals surface area contributed by atoms with Gasteiger partial charge in [0.15, 0.2) is 0 Å². The zero-order valence-corrected chi connectivity index (χ0v) is 19.9. The predicted octanol–water partition coefficient (Wildman–Crippen LogP) is 3.74.